The number of rotatable bonds is 6. The van der Waals surface area contributed by atoms with Crippen molar-refractivity contribution in [2.24, 2.45) is 5.16 Å². The maximum atomic E-state index is 9.54. The number of aliphatic hydroxyl groups excluding tert-OH is 2. The van der Waals surface area contributed by atoms with Crippen LogP contribution < -0.4 is 10.1 Å². The summed E-state index contributed by atoms with van der Waals surface area (Å²) in [6, 6.07) is 12.9. The lowest BCUT2D eigenvalue weighted by atomic mass is 10.2. The zero-order chi connectivity index (χ0) is 22.0. The van der Waals surface area contributed by atoms with Crippen LogP contribution in [0.15, 0.2) is 64.6 Å². The highest BCUT2D eigenvalue weighted by molar-refractivity contribution is 5.80. The van der Waals surface area contributed by atoms with E-state index in [1.165, 1.54) is 0 Å². The molecule has 2 N–H and O–H groups in total. The lowest BCUT2D eigenvalue weighted by Crippen LogP contribution is -2.21. The Kier molecular flexibility index (Phi) is 5.67. The molecule has 4 rings (SSSR count). The van der Waals surface area contributed by atoms with E-state index in [-0.39, 0.29) is 13.2 Å². The molecule has 0 amide bonds. The molecule has 162 valence electrons. The lowest BCUT2D eigenvalue weighted by Gasteiger charge is -2.15. The SMILES string of the molecule is CC(C)(C)ON=c1cc(-c2cc3cccn3cn2)oc2ccc(OCC(O)CO)cc12. The molecule has 0 radical (unpaired) electrons. The van der Waals surface area contributed by atoms with Gasteiger partial charge in [-0.1, -0.05) is 5.16 Å². The van der Waals surface area contributed by atoms with Gasteiger partial charge < -0.3 is 28.6 Å². The zero-order valence-corrected chi connectivity index (χ0v) is 17.6. The largest absolute Gasteiger partial charge is 0.491 e. The maximum Gasteiger partial charge on any atom is 0.155 e. The second kappa shape index (κ2) is 8.41. The van der Waals surface area contributed by atoms with Crippen LogP contribution in [-0.4, -0.2) is 44.5 Å². The Bertz CT molecular complexity index is 1270. The van der Waals surface area contributed by atoms with Gasteiger partial charge in [0.25, 0.3) is 0 Å². The zero-order valence-electron chi connectivity index (χ0n) is 17.6. The molecule has 3 aromatic heterocycles. The van der Waals surface area contributed by atoms with Crippen LogP contribution in [0.1, 0.15) is 20.8 Å². The van der Waals surface area contributed by atoms with Gasteiger partial charge in [0, 0.05) is 17.8 Å². The molecule has 1 unspecified atom stereocenters. The number of aliphatic hydroxyl groups is 2. The molecule has 8 heteroatoms. The van der Waals surface area contributed by atoms with Crippen LogP contribution >= 0.6 is 0 Å². The quantitative estimate of drug-likeness (QED) is 0.462. The maximum absolute atomic E-state index is 9.54. The third-order valence-corrected chi connectivity index (χ3v) is 4.46. The summed E-state index contributed by atoms with van der Waals surface area (Å²) in [6.07, 6.45) is 2.71. The summed E-state index contributed by atoms with van der Waals surface area (Å²) < 4.78 is 13.6. The molecule has 0 aliphatic heterocycles. The highest BCUT2D eigenvalue weighted by Crippen LogP contribution is 2.25. The molecule has 1 atom stereocenters. The first-order chi connectivity index (χ1) is 14.8. The van der Waals surface area contributed by atoms with Crippen molar-refractivity contribution in [1.82, 2.24) is 9.38 Å². The van der Waals surface area contributed by atoms with Crippen molar-refractivity contribution < 1.29 is 24.2 Å². The van der Waals surface area contributed by atoms with Crippen LogP contribution in [0.5, 0.6) is 5.75 Å². The summed E-state index contributed by atoms with van der Waals surface area (Å²) in [4.78, 5) is 10.2. The van der Waals surface area contributed by atoms with Crippen LogP contribution in [0.2, 0.25) is 0 Å². The second-order valence-corrected chi connectivity index (χ2v) is 8.21. The summed E-state index contributed by atoms with van der Waals surface area (Å²) in [5, 5.41) is 24.1. The molecule has 0 saturated carbocycles. The lowest BCUT2D eigenvalue weighted by molar-refractivity contribution is -0.00586. The number of ether oxygens (including phenoxy) is 1. The predicted molar refractivity (Wildman–Crippen MR) is 115 cm³/mol. The predicted octanol–water partition coefficient (Wildman–Crippen LogP) is 3.11. The van der Waals surface area contributed by atoms with Crippen molar-refractivity contribution in [1.29, 1.82) is 0 Å². The Balaban J connectivity index is 1.81. The molecule has 0 aliphatic rings. The Labute approximate surface area is 179 Å². The van der Waals surface area contributed by atoms with E-state index in [4.69, 9.17) is 19.1 Å². The number of nitrogens with zero attached hydrogens (tertiary/aromatic N) is 3. The average Bonchev–Trinajstić information content (AvgIpc) is 3.22. The smallest absolute Gasteiger partial charge is 0.155 e. The van der Waals surface area contributed by atoms with Gasteiger partial charge in [-0.2, -0.15) is 0 Å². The monoisotopic (exact) mass is 423 g/mol. The molecule has 31 heavy (non-hydrogen) atoms. The normalized spacial score (nSPS) is 13.6. The van der Waals surface area contributed by atoms with Crippen molar-refractivity contribution in [3.05, 3.63) is 60.3 Å². The minimum atomic E-state index is -0.953. The summed E-state index contributed by atoms with van der Waals surface area (Å²) >= 11 is 0. The van der Waals surface area contributed by atoms with E-state index in [0.717, 1.165) is 5.52 Å². The van der Waals surface area contributed by atoms with E-state index in [1.54, 1.807) is 30.6 Å². The fraction of sp³-hybridized carbons (Fsp3) is 0.304. The van der Waals surface area contributed by atoms with Crippen LogP contribution in [-0.2, 0) is 4.84 Å². The van der Waals surface area contributed by atoms with Gasteiger partial charge in [0.05, 0.1) is 18.3 Å². The van der Waals surface area contributed by atoms with Gasteiger partial charge >= 0.3 is 0 Å². The van der Waals surface area contributed by atoms with E-state index in [0.29, 0.717) is 33.5 Å². The first kappa shape index (κ1) is 20.9. The van der Waals surface area contributed by atoms with Gasteiger partial charge in [0.1, 0.15) is 40.7 Å². The van der Waals surface area contributed by atoms with Crippen molar-refractivity contribution in [3.63, 3.8) is 0 Å². The van der Waals surface area contributed by atoms with Crippen LogP contribution in [0.3, 0.4) is 0 Å². The number of hydrogen-bond donors (Lipinski definition) is 2. The van der Waals surface area contributed by atoms with Crippen molar-refractivity contribution >= 4 is 16.5 Å². The standard InChI is InChI=1S/C23H25N3O5/c1-23(2,3)31-25-19-11-22(20-9-15-5-4-8-26(15)14-24-20)30-21-7-6-17(10-18(19)21)29-13-16(28)12-27/h4-11,14,16,27-28H,12-13H2,1-3H3. The Hall–Kier alpha value is -3.36. The molecule has 1 aromatic carbocycles. The summed E-state index contributed by atoms with van der Waals surface area (Å²) in [7, 11) is 0. The van der Waals surface area contributed by atoms with Crippen LogP contribution in [0.25, 0.3) is 27.9 Å². The number of benzene rings is 1. The molecule has 0 bridgehead atoms. The molecule has 0 spiro atoms. The van der Waals surface area contributed by atoms with E-state index < -0.39 is 11.7 Å². The van der Waals surface area contributed by atoms with Crippen molar-refractivity contribution in [3.8, 4) is 17.2 Å². The Morgan fingerprint density at radius 1 is 1.19 bits per heavy atom. The minimum absolute atomic E-state index is 0.0244. The summed E-state index contributed by atoms with van der Waals surface area (Å²) in [5.74, 6) is 1.07. The third-order valence-electron chi connectivity index (χ3n) is 4.46. The summed E-state index contributed by atoms with van der Waals surface area (Å²) in [5.41, 5.74) is 1.78. The van der Waals surface area contributed by atoms with Crippen LogP contribution in [0.4, 0.5) is 0 Å². The second-order valence-electron chi connectivity index (χ2n) is 8.21. The Morgan fingerprint density at radius 3 is 2.81 bits per heavy atom. The molecular weight excluding hydrogens is 398 g/mol. The first-order valence-electron chi connectivity index (χ1n) is 9.97. The fourth-order valence-electron chi connectivity index (χ4n) is 2.94. The van der Waals surface area contributed by atoms with Gasteiger partial charge in [-0.15, -0.1) is 0 Å². The van der Waals surface area contributed by atoms with Gasteiger partial charge in [-0.3, -0.25) is 0 Å². The van der Waals surface area contributed by atoms with E-state index in [1.807, 2.05) is 49.6 Å². The molecule has 8 nitrogen and oxygen atoms in total. The Morgan fingerprint density at radius 2 is 2.03 bits per heavy atom. The van der Waals surface area contributed by atoms with E-state index in [9.17, 15) is 5.11 Å². The first-order valence-corrected chi connectivity index (χ1v) is 9.97. The van der Waals surface area contributed by atoms with Gasteiger partial charge in [-0.25, -0.2) is 4.98 Å². The topological polar surface area (TPSA) is 102 Å². The molecular formula is C23H25N3O5. The molecule has 0 fully saturated rings. The van der Waals surface area contributed by atoms with Crippen molar-refractivity contribution in [2.75, 3.05) is 13.2 Å². The highest BCUT2D eigenvalue weighted by atomic mass is 16.6. The van der Waals surface area contributed by atoms with Crippen LogP contribution in [0, 0.1) is 0 Å². The highest BCUT2D eigenvalue weighted by Gasteiger charge is 2.13. The fourth-order valence-corrected chi connectivity index (χ4v) is 2.94. The van der Waals surface area contributed by atoms with E-state index in [2.05, 4.69) is 10.1 Å². The molecule has 3 heterocycles. The minimum Gasteiger partial charge on any atom is -0.491 e. The van der Waals surface area contributed by atoms with Gasteiger partial charge in [0.15, 0.2) is 5.76 Å². The van der Waals surface area contributed by atoms with Gasteiger partial charge in [-0.05, 0) is 57.2 Å². The number of aromatic nitrogens is 2. The molecule has 0 saturated heterocycles. The average molecular weight is 423 g/mol. The number of fused-ring (bicyclic) bond motifs is 2. The van der Waals surface area contributed by atoms with Gasteiger partial charge in [0.2, 0.25) is 0 Å². The molecule has 0 aliphatic carbocycles. The van der Waals surface area contributed by atoms with E-state index >= 15 is 0 Å². The van der Waals surface area contributed by atoms with Crippen molar-refractivity contribution in [2.45, 2.75) is 32.5 Å². The molecule has 4 aromatic rings. The third kappa shape index (κ3) is 4.87. The summed E-state index contributed by atoms with van der Waals surface area (Å²) in [6.45, 7) is 5.36. The number of hydrogen-bond acceptors (Lipinski definition) is 7.